The molecule has 0 aliphatic heterocycles. The Kier molecular flexibility index (Phi) is 4.91. The van der Waals surface area contributed by atoms with Gasteiger partial charge in [-0.1, -0.05) is 41.9 Å². The zero-order valence-corrected chi connectivity index (χ0v) is 11.4. The highest BCUT2D eigenvalue weighted by Gasteiger charge is 1.99. The number of carbonyl (C=O) groups excluding carboxylic acids is 1. The van der Waals surface area contributed by atoms with E-state index in [1.807, 2.05) is 12.1 Å². The number of hydrogen-bond acceptors (Lipinski definition) is 1. The van der Waals surface area contributed by atoms with Gasteiger partial charge in [0.2, 0.25) is 5.91 Å². The molecule has 0 saturated heterocycles. The Labute approximate surface area is 121 Å². The molecule has 0 bridgehead atoms. The molecular weight excluding hydrogens is 277 g/mol. The molecular formula is C16H13ClFNO. The second-order valence-electron chi connectivity index (χ2n) is 4.20. The summed E-state index contributed by atoms with van der Waals surface area (Å²) >= 11 is 5.85. The number of rotatable bonds is 4. The third kappa shape index (κ3) is 4.21. The molecule has 0 aromatic heterocycles. The van der Waals surface area contributed by atoms with Gasteiger partial charge in [-0.05, 0) is 29.8 Å². The van der Waals surface area contributed by atoms with E-state index < -0.39 is 0 Å². The SMILES string of the molecule is O=C(/C=C/c1ccccc1F)NCc1cccc(Cl)c1. The number of amides is 1. The Hall–Kier alpha value is -2.13. The highest BCUT2D eigenvalue weighted by molar-refractivity contribution is 6.30. The molecule has 0 spiro atoms. The number of hydrogen-bond donors (Lipinski definition) is 1. The molecule has 0 aliphatic carbocycles. The average Bonchev–Trinajstić information content (AvgIpc) is 2.44. The van der Waals surface area contributed by atoms with Crippen LogP contribution in [0, 0.1) is 5.82 Å². The Morgan fingerprint density at radius 1 is 1.20 bits per heavy atom. The van der Waals surface area contributed by atoms with E-state index in [1.54, 1.807) is 30.3 Å². The van der Waals surface area contributed by atoms with Crippen molar-refractivity contribution in [2.45, 2.75) is 6.54 Å². The first-order valence-corrected chi connectivity index (χ1v) is 6.48. The second-order valence-corrected chi connectivity index (χ2v) is 4.64. The molecule has 2 nitrogen and oxygen atoms in total. The van der Waals surface area contributed by atoms with Gasteiger partial charge in [0, 0.05) is 23.2 Å². The molecule has 0 aliphatic rings. The Morgan fingerprint density at radius 3 is 2.75 bits per heavy atom. The first kappa shape index (κ1) is 14.3. The van der Waals surface area contributed by atoms with Crippen LogP contribution in [0.25, 0.3) is 6.08 Å². The quantitative estimate of drug-likeness (QED) is 0.852. The molecule has 4 heteroatoms. The monoisotopic (exact) mass is 289 g/mol. The summed E-state index contributed by atoms with van der Waals surface area (Å²) in [6.45, 7) is 0.376. The zero-order chi connectivity index (χ0) is 14.4. The van der Waals surface area contributed by atoms with E-state index in [0.717, 1.165) is 5.56 Å². The van der Waals surface area contributed by atoms with Gasteiger partial charge in [-0.2, -0.15) is 0 Å². The van der Waals surface area contributed by atoms with Crippen molar-refractivity contribution in [1.29, 1.82) is 0 Å². The van der Waals surface area contributed by atoms with Crippen LogP contribution < -0.4 is 5.32 Å². The minimum Gasteiger partial charge on any atom is -0.348 e. The minimum absolute atomic E-state index is 0.284. The lowest BCUT2D eigenvalue weighted by molar-refractivity contribution is -0.116. The van der Waals surface area contributed by atoms with Gasteiger partial charge in [0.25, 0.3) is 0 Å². The fourth-order valence-corrected chi connectivity index (χ4v) is 1.88. The fourth-order valence-electron chi connectivity index (χ4n) is 1.67. The van der Waals surface area contributed by atoms with Gasteiger partial charge in [0.1, 0.15) is 5.82 Å². The van der Waals surface area contributed by atoms with Crippen LogP contribution >= 0.6 is 11.6 Å². The lowest BCUT2D eigenvalue weighted by Gasteiger charge is -2.03. The van der Waals surface area contributed by atoms with Crippen molar-refractivity contribution >= 4 is 23.6 Å². The summed E-state index contributed by atoms with van der Waals surface area (Å²) < 4.78 is 13.3. The molecule has 2 aromatic carbocycles. The van der Waals surface area contributed by atoms with Crippen LogP contribution in [0.1, 0.15) is 11.1 Å². The molecule has 0 saturated carbocycles. The Morgan fingerprint density at radius 2 is 2.00 bits per heavy atom. The zero-order valence-electron chi connectivity index (χ0n) is 10.6. The highest BCUT2D eigenvalue weighted by atomic mass is 35.5. The molecule has 0 unspecified atom stereocenters. The van der Waals surface area contributed by atoms with E-state index in [9.17, 15) is 9.18 Å². The molecule has 0 fully saturated rings. The van der Waals surface area contributed by atoms with Crippen LogP contribution in [-0.4, -0.2) is 5.91 Å². The average molecular weight is 290 g/mol. The summed E-state index contributed by atoms with van der Waals surface area (Å²) in [7, 11) is 0. The molecule has 0 atom stereocenters. The van der Waals surface area contributed by atoms with Gasteiger partial charge in [0.05, 0.1) is 0 Å². The summed E-state index contributed by atoms with van der Waals surface area (Å²) in [5.41, 5.74) is 1.29. The van der Waals surface area contributed by atoms with Crippen molar-refractivity contribution in [3.8, 4) is 0 Å². The molecule has 0 heterocycles. The van der Waals surface area contributed by atoms with Gasteiger partial charge in [-0.3, -0.25) is 4.79 Å². The Bertz CT molecular complexity index is 640. The summed E-state index contributed by atoms with van der Waals surface area (Å²) in [6, 6.07) is 13.5. The summed E-state index contributed by atoms with van der Waals surface area (Å²) in [6.07, 6.45) is 2.76. The van der Waals surface area contributed by atoms with Gasteiger partial charge >= 0.3 is 0 Å². The van der Waals surface area contributed by atoms with Crippen molar-refractivity contribution in [3.63, 3.8) is 0 Å². The van der Waals surface area contributed by atoms with E-state index >= 15 is 0 Å². The van der Waals surface area contributed by atoms with E-state index in [2.05, 4.69) is 5.32 Å². The highest BCUT2D eigenvalue weighted by Crippen LogP contribution is 2.10. The molecule has 102 valence electrons. The van der Waals surface area contributed by atoms with Crippen LogP contribution in [0.3, 0.4) is 0 Å². The minimum atomic E-state index is -0.355. The number of carbonyl (C=O) groups is 1. The Balaban J connectivity index is 1.91. The van der Waals surface area contributed by atoms with Gasteiger partial charge in [-0.25, -0.2) is 4.39 Å². The molecule has 2 aromatic rings. The summed E-state index contributed by atoms with van der Waals surface area (Å²) in [5.74, 6) is -0.639. The maximum Gasteiger partial charge on any atom is 0.244 e. The smallest absolute Gasteiger partial charge is 0.244 e. The van der Waals surface area contributed by atoms with Crippen molar-refractivity contribution in [1.82, 2.24) is 5.32 Å². The first-order valence-electron chi connectivity index (χ1n) is 6.10. The largest absolute Gasteiger partial charge is 0.348 e. The van der Waals surface area contributed by atoms with Crippen molar-refractivity contribution in [2.24, 2.45) is 0 Å². The van der Waals surface area contributed by atoms with Crippen LogP contribution in [-0.2, 0) is 11.3 Å². The maximum absolute atomic E-state index is 13.3. The maximum atomic E-state index is 13.3. The third-order valence-electron chi connectivity index (χ3n) is 2.68. The second kappa shape index (κ2) is 6.87. The van der Waals surface area contributed by atoms with Gasteiger partial charge < -0.3 is 5.32 Å². The van der Waals surface area contributed by atoms with Gasteiger partial charge in [0.15, 0.2) is 0 Å². The fraction of sp³-hybridized carbons (Fsp3) is 0.0625. The van der Waals surface area contributed by atoms with Crippen LogP contribution in [0.2, 0.25) is 5.02 Å². The van der Waals surface area contributed by atoms with E-state index in [4.69, 9.17) is 11.6 Å². The normalized spacial score (nSPS) is 10.7. The molecule has 2 rings (SSSR count). The third-order valence-corrected chi connectivity index (χ3v) is 2.91. The molecule has 0 radical (unpaired) electrons. The van der Waals surface area contributed by atoms with E-state index in [1.165, 1.54) is 18.2 Å². The predicted octanol–water partition coefficient (Wildman–Crippen LogP) is 3.81. The molecule has 1 amide bonds. The van der Waals surface area contributed by atoms with E-state index in [-0.39, 0.29) is 11.7 Å². The first-order chi connectivity index (χ1) is 9.65. The summed E-state index contributed by atoms with van der Waals surface area (Å²) in [5, 5.41) is 3.33. The number of nitrogens with one attached hydrogen (secondary N) is 1. The molecule has 1 N–H and O–H groups in total. The lowest BCUT2D eigenvalue weighted by Crippen LogP contribution is -2.20. The lowest BCUT2D eigenvalue weighted by atomic mass is 10.2. The van der Waals surface area contributed by atoms with Crippen molar-refractivity contribution < 1.29 is 9.18 Å². The summed E-state index contributed by atoms with van der Waals surface area (Å²) in [4.78, 5) is 11.6. The van der Waals surface area contributed by atoms with Gasteiger partial charge in [-0.15, -0.1) is 0 Å². The number of benzene rings is 2. The van der Waals surface area contributed by atoms with Crippen LogP contribution in [0.5, 0.6) is 0 Å². The standard InChI is InChI=1S/C16H13ClFNO/c17-14-6-3-4-12(10-14)11-19-16(20)9-8-13-5-1-2-7-15(13)18/h1-10H,11H2,(H,19,20)/b9-8+. The van der Waals surface area contributed by atoms with E-state index in [0.29, 0.717) is 17.1 Å². The predicted molar refractivity (Wildman–Crippen MR) is 78.7 cm³/mol. The van der Waals surface area contributed by atoms with Crippen LogP contribution in [0.15, 0.2) is 54.6 Å². The van der Waals surface area contributed by atoms with Crippen LogP contribution in [0.4, 0.5) is 4.39 Å². The molecule has 20 heavy (non-hydrogen) atoms. The van der Waals surface area contributed by atoms with Crippen molar-refractivity contribution in [2.75, 3.05) is 0 Å². The van der Waals surface area contributed by atoms with Crippen molar-refractivity contribution in [3.05, 3.63) is 76.6 Å². The topological polar surface area (TPSA) is 29.1 Å². The number of halogens is 2.